The molecule has 5 nitrogen and oxygen atoms in total. The lowest BCUT2D eigenvalue weighted by atomic mass is 10.00. The molecule has 0 radical (unpaired) electrons. The van der Waals surface area contributed by atoms with Gasteiger partial charge in [0.25, 0.3) is 5.69 Å². The lowest BCUT2D eigenvalue weighted by molar-refractivity contribution is -0.384. The van der Waals surface area contributed by atoms with Crippen LogP contribution in [-0.4, -0.2) is 20.9 Å². The van der Waals surface area contributed by atoms with Gasteiger partial charge in [0.2, 0.25) is 0 Å². The molecule has 0 N–H and O–H groups in total. The Labute approximate surface area is 165 Å². The van der Waals surface area contributed by atoms with Crippen LogP contribution in [0.15, 0.2) is 54.7 Å². The molecule has 1 atom stereocenters. The minimum atomic E-state index is -1.22. The van der Waals surface area contributed by atoms with Gasteiger partial charge in [-0.25, -0.2) is 13.2 Å². The van der Waals surface area contributed by atoms with Crippen molar-refractivity contribution in [3.05, 3.63) is 99.1 Å². The molecule has 0 aliphatic carbocycles. The summed E-state index contributed by atoms with van der Waals surface area (Å²) in [5.41, 5.74) is 1.65. The van der Waals surface area contributed by atoms with E-state index in [0.29, 0.717) is 19.2 Å². The van der Waals surface area contributed by atoms with Crippen LogP contribution in [-0.2, 0) is 13.1 Å². The molecule has 8 heteroatoms. The number of rotatable bonds is 4. The molecule has 2 aromatic carbocycles. The minimum absolute atomic E-state index is 0.0123. The van der Waals surface area contributed by atoms with Crippen molar-refractivity contribution in [1.29, 1.82) is 0 Å². The van der Waals surface area contributed by atoms with E-state index in [9.17, 15) is 23.3 Å². The number of hydrogen-bond acceptors (Lipinski definition) is 3. The second-order valence-electron chi connectivity index (χ2n) is 7.06. The minimum Gasteiger partial charge on any atom is -0.350 e. The Hall–Kier alpha value is -3.13. The lowest BCUT2D eigenvalue weighted by Crippen LogP contribution is -2.30. The number of nitro groups is 1. The summed E-state index contributed by atoms with van der Waals surface area (Å²) in [7, 11) is 0. The van der Waals surface area contributed by atoms with Crippen LogP contribution >= 0.6 is 0 Å². The standard InChI is InChI=1S/C21H18F3N3O2/c22-17-12-19(24)18(23)11-16(17)21-20-3-1-8-25(20)9-2-10-26(21)13-14-4-6-15(7-5-14)27(28)29/h1,3-8,11-12,21H,2,9-10,13H2. The Morgan fingerprint density at radius 2 is 1.72 bits per heavy atom. The third-order valence-electron chi connectivity index (χ3n) is 5.22. The number of benzene rings is 2. The number of aromatic nitrogens is 1. The Morgan fingerprint density at radius 1 is 1.00 bits per heavy atom. The molecular weight excluding hydrogens is 383 g/mol. The van der Waals surface area contributed by atoms with Gasteiger partial charge < -0.3 is 4.57 Å². The van der Waals surface area contributed by atoms with Crippen LogP contribution in [0.1, 0.15) is 29.3 Å². The maximum absolute atomic E-state index is 14.7. The fourth-order valence-corrected chi connectivity index (χ4v) is 3.87. The smallest absolute Gasteiger partial charge is 0.269 e. The fourth-order valence-electron chi connectivity index (χ4n) is 3.87. The molecular formula is C21H18F3N3O2. The molecule has 29 heavy (non-hydrogen) atoms. The molecule has 150 valence electrons. The van der Waals surface area contributed by atoms with Crippen LogP contribution < -0.4 is 0 Å². The van der Waals surface area contributed by atoms with Crippen molar-refractivity contribution < 1.29 is 18.1 Å². The summed E-state index contributed by atoms with van der Waals surface area (Å²) in [6.07, 6.45) is 2.67. The van der Waals surface area contributed by atoms with Crippen LogP contribution in [0.3, 0.4) is 0 Å². The molecule has 1 unspecified atom stereocenters. The molecule has 0 saturated carbocycles. The maximum atomic E-state index is 14.7. The summed E-state index contributed by atoms with van der Waals surface area (Å²) in [5, 5.41) is 10.9. The topological polar surface area (TPSA) is 51.3 Å². The van der Waals surface area contributed by atoms with E-state index in [2.05, 4.69) is 0 Å². The highest BCUT2D eigenvalue weighted by atomic mass is 19.2. The van der Waals surface area contributed by atoms with Gasteiger partial charge in [0.05, 0.1) is 11.0 Å². The van der Waals surface area contributed by atoms with Crippen molar-refractivity contribution in [3.63, 3.8) is 0 Å². The largest absolute Gasteiger partial charge is 0.350 e. The Bertz CT molecular complexity index is 1050. The molecule has 2 heterocycles. The van der Waals surface area contributed by atoms with Crippen molar-refractivity contribution in [1.82, 2.24) is 9.47 Å². The highest BCUT2D eigenvalue weighted by Crippen LogP contribution is 2.35. The Balaban J connectivity index is 1.75. The molecule has 1 aromatic heterocycles. The summed E-state index contributed by atoms with van der Waals surface area (Å²) in [4.78, 5) is 12.4. The first-order valence-electron chi connectivity index (χ1n) is 9.21. The van der Waals surface area contributed by atoms with Crippen LogP contribution in [0.2, 0.25) is 0 Å². The normalized spacial score (nSPS) is 17.0. The lowest BCUT2D eigenvalue weighted by Gasteiger charge is -2.31. The van der Waals surface area contributed by atoms with Gasteiger partial charge in [-0.3, -0.25) is 15.0 Å². The quantitative estimate of drug-likeness (QED) is 0.358. The molecule has 4 rings (SSSR count). The molecule has 1 aliphatic heterocycles. The number of nitrogens with zero attached hydrogens (tertiary/aromatic N) is 3. The van der Waals surface area contributed by atoms with E-state index in [-0.39, 0.29) is 11.3 Å². The number of fused-ring (bicyclic) bond motifs is 1. The number of nitro benzene ring substituents is 1. The molecule has 1 aliphatic rings. The van der Waals surface area contributed by atoms with E-state index in [1.54, 1.807) is 12.1 Å². The highest BCUT2D eigenvalue weighted by molar-refractivity contribution is 5.35. The molecule has 3 aromatic rings. The van der Waals surface area contributed by atoms with E-state index in [1.807, 2.05) is 27.8 Å². The number of hydrogen-bond donors (Lipinski definition) is 0. The number of non-ortho nitro benzene ring substituents is 1. The summed E-state index contributed by atoms with van der Waals surface area (Å²) in [5.74, 6) is -3.13. The van der Waals surface area contributed by atoms with E-state index in [0.717, 1.165) is 30.3 Å². The third kappa shape index (κ3) is 3.75. The van der Waals surface area contributed by atoms with Gasteiger partial charge in [-0.1, -0.05) is 12.1 Å². The summed E-state index contributed by atoms with van der Waals surface area (Å²) in [6.45, 7) is 1.70. The second-order valence-corrected chi connectivity index (χ2v) is 7.06. The zero-order chi connectivity index (χ0) is 20.5. The van der Waals surface area contributed by atoms with Gasteiger partial charge in [-0.05, 0) is 30.2 Å². The molecule has 0 bridgehead atoms. The molecule has 0 amide bonds. The second kappa shape index (κ2) is 7.71. The SMILES string of the molecule is O=[N+]([O-])c1ccc(CN2CCCn3cccc3C2c2cc(F)c(F)cc2F)cc1. The fraction of sp³-hybridized carbons (Fsp3) is 0.238. The summed E-state index contributed by atoms with van der Waals surface area (Å²) >= 11 is 0. The van der Waals surface area contributed by atoms with Crippen LogP contribution in [0, 0.1) is 27.6 Å². The van der Waals surface area contributed by atoms with Crippen molar-refractivity contribution >= 4 is 5.69 Å². The average Bonchev–Trinajstić information content (AvgIpc) is 3.08. The van der Waals surface area contributed by atoms with E-state index in [4.69, 9.17) is 0 Å². The van der Waals surface area contributed by atoms with Gasteiger partial charge in [0, 0.05) is 55.3 Å². The Kier molecular flexibility index (Phi) is 5.10. The molecule has 0 saturated heterocycles. The van der Waals surface area contributed by atoms with Gasteiger partial charge in [-0.15, -0.1) is 0 Å². The predicted octanol–water partition coefficient (Wildman–Crippen LogP) is 4.81. The first-order valence-corrected chi connectivity index (χ1v) is 9.21. The first-order chi connectivity index (χ1) is 13.9. The highest BCUT2D eigenvalue weighted by Gasteiger charge is 2.30. The van der Waals surface area contributed by atoms with Crippen molar-refractivity contribution in [2.24, 2.45) is 0 Å². The summed E-state index contributed by atoms with van der Waals surface area (Å²) in [6, 6.07) is 10.7. The zero-order valence-electron chi connectivity index (χ0n) is 15.4. The summed E-state index contributed by atoms with van der Waals surface area (Å²) < 4.78 is 44.1. The van der Waals surface area contributed by atoms with Gasteiger partial charge in [0.1, 0.15) is 5.82 Å². The van der Waals surface area contributed by atoms with Gasteiger partial charge in [-0.2, -0.15) is 0 Å². The van der Waals surface area contributed by atoms with E-state index >= 15 is 0 Å². The Morgan fingerprint density at radius 3 is 2.45 bits per heavy atom. The molecule has 0 fully saturated rings. The third-order valence-corrected chi connectivity index (χ3v) is 5.22. The average molecular weight is 401 g/mol. The van der Waals surface area contributed by atoms with E-state index < -0.39 is 28.4 Å². The van der Waals surface area contributed by atoms with Gasteiger partial charge in [0.15, 0.2) is 11.6 Å². The maximum Gasteiger partial charge on any atom is 0.269 e. The molecule has 0 spiro atoms. The van der Waals surface area contributed by atoms with Crippen LogP contribution in [0.25, 0.3) is 0 Å². The van der Waals surface area contributed by atoms with Crippen molar-refractivity contribution in [2.75, 3.05) is 6.54 Å². The van der Waals surface area contributed by atoms with E-state index in [1.165, 1.54) is 12.1 Å². The number of halogens is 3. The first kappa shape index (κ1) is 19.2. The van der Waals surface area contributed by atoms with Crippen LogP contribution in [0.5, 0.6) is 0 Å². The zero-order valence-corrected chi connectivity index (χ0v) is 15.4. The van der Waals surface area contributed by atoms with Crippen LogP contribution in [0.4, 0.5) is 18.9 Å². The number of aryl methyl sites for hydroxylation is 1. The van der Waals surface area contributed by atoms with Crippen molar-refractivity contribution in [3.8, 4) is 0 Å². The van der Waals surface area contributed by atoms with Crippen molar-refractivity contribution in [2.45, 2.75) is 25.6 Å². The predicted molar refractivity (Wildman–Crippen MR) is 101 cm³/mol. The van der Waals surface area contributed by atoms with Gasteiger partial charge >= 0.3 is 0 Å². The monoisotopic (exact) mass is 401 g/mol.